The second-order valence-electron chi connectivity index (χ2n) is 6.74. The van der Waals surface area contributed by atoms with Crippen LogP contribution in [-0.2, 0) is 19.2 Å². The van der Waals surface area contributed by atoms with Gasteiger partial charge in [0.25, 0.3) is 17.4 Å². The second kappa shape index (κ2) is 9.82. The van der Waals surface area contributed by atoms with Crippen LogP contribution < -0.4 is 16.6 Å². The van der Waals surface area contributed by atoms with Crippen molar-refractivity contribution in [2.24, 2.45) is 5.16 Å². The van der Waals surface area contributed by atoms with E-state index in [1.807, 2.05) is 0 Å². The number of aromatic nitrogens is 4. The third-order valence-corrected chi connectivity index (χ3v) is 7.60. The molecule has 0 saturated carbocycles. The summed E-state index contributed by atoms with van der Waals surface area (Å²) in [7, 11) is 1.26. The molecule has 2 atom stereocenters. The number of β-lactam (4-membered cyclic amide) rings is 1. The van der Waals surface area contributed by atoms with Crippen LogP contribution in [0.4, 0.5) is 5.13 Å². The van der Waals surface area contributed by atoms with Crippen LogP contribution in [0.2, 0.25) is 0 Å². The zero-order chi connectivity index (χ0) is 24.4. The molecule has 14 nitrogen and oxygen atoms in total. The topological polar surface area (TPSA) is 206 Å². The van der Waals surface area contributed by atoms with Crippen molar-refractivity contribution >= 4 is 63.5 Å². The number of carboxylic acid groups (broad SMARTS) is 1. The minimum absolute atomic E-state index is 0.156. The molecule has 1 fully saturated rings. The molecule has 17 heteroatoms. The van der Waals surface area contributed by atoms with E-state index in [9.17, 15) is 24.3 Å². The van der Waals surface area contributed by atoms with Crippen LogP contribution in [0.15, 0.2) is 38.0 Å². The summed E-state index contributed by atoms with van der Waals surface area (Å²) >= 11 is 3.51. The average Bonchev–Trinajstić information content (AvgIpc) is 3.24. The highest BCUT2D eigenvalue weighted by Gasteiger charge is 2.54. The molecule has 2 amide bonds. The maximum atomic E-state index is 12.9. The summed E-state index contributed by atoms with van der Waals surface area (Å²) in [6, 6.07) is -0.963. The smallest absolute Gasteiger partial charge is 0.352 e. The molecule has 0 spiro atoms. The molecule has 0 aromatic carbocycles. The van der Waals surface area contributed by atoms with Crippen LogP contribution >= 0.6 is 34.9 Å². The van der Waals surface area contributed by atoms with Crippen LogP contribution in [0.1, 0.15) is 5.69 Å². The number of anilines is 1. The summed E-state index contributed by atoms with van der Waals surface area (Å²) < 4.78 is 0. The molecular formula is C17H16N8O6S3. The molecule has 2 aliphatic rings. The summed E-state index contributed by atoms with van der Waals surface area (Å²) in [5.41, 5.74) is 5.53. The number of thioether (sulfide) groups is 2. The number of carbonyl (C=O) groups excluding carboxylic acids is 2. The van der Waals surface area contributed by atoms with Crippen molar-refractivity contribution in [2.75, 3.05) is 24.3 Å². The number of hydrogen-bond donors (Lipinski definition) is 4. The molecular weight excluding hydrogens is 508 g/mol. The van der Waals surface area contributed by atoms with E-state index in [4.69, 9.17) is 10.6 Å². The Labute approximate surface area is 203 Å². The van der Waals surface area contributed by atoms with Gasteiger partial charge in [0.1, 0.15) is 36.1 Å². The van der Waals surface area contributed by atoms with Crippen LogP contribution in [0, 0.1) is 0 Å². The van der Waals surface area contributed by atoms with Gasteiger partial charge in [-0.2, -0.15) is 5.10 Å². The lowest BCUT2D eigenvalue weighted by atomic mass is 10.0. The number of fused-ring (bicyclic) bond motifs is 1. The molecule has 4 heterocycles. The van der Waals surface area contributed by atoms with E-state index in [0.29, 0.717) is 11.3 Å². The monoisotopic (exact) mass is 524 g/mol. The first-order chi connectivity index (χ1) is 16.3. The van der Waals surface area contributed by atoms with Gasteiger partial charge in [-0.1, -0.05) is 16.9 Å². The first-order valence-corrected chi connectivity index (χ1v) is 12.3. The fourth-order valence-electron chi connectivity index (χ4n) is 3.21. The number of amides is 2. The van der Waals surface area contributed by atoms with Gasteiger partial charge < -0.3 is 21.0 Å². The molecule has 5 N–H and O–H groups in total. The van der Waals surface area contributed by atoms with Gasteiger partial charge in [0.05, 0.1) is 0 Å². The SMILES string of the molecule is CO/N=C(/C(=O)NC1C(=O)N2C(C(=O)O)=C(CSc3nncc(=O)[nH]3)CSC12)c1csc(N)n1. The van der Waals surface area contributed by atoms with E-state index in [-0.39, 0.29) is 33.1 Å². The zero-order valence-corrected chi connectivity index (χ0v) is 19.7. The van der Waals surface area contributed by atoms with Crippen molar-refractivity contribution < 1.29 is 24.3 Å². The number of carbonyl (C=O) groups is 3. The quantitative estimate of drug-likeness (QED) is 0.143. The van der Waals surface area contributed by atoms with Gasteiger partial charge in [0, 0.05) is 16.9 Å². The number of oxime groups is 1. The molecule has 2 aromatic rings. The number of H-pyrrole nitrogens is 1. The highest BCUT2D eigenvalue weighted by molar-refractivity contribution is 8.01. The van der Waals surface area contributed by atoms with Crippen molar-refractivity contribution in [3.63, 3.8) is 0 Å². The third kappa shape index (κ3) is 4.62. The summed E-state index contributed by atoms with van der Waals surface area (Å²) in [6.07, 6.45) is 1.02. The highest BCUT2D eigenvalue weighted by atomic mass is 32.2. The van der Waals surface area contributed by atoms with Crippen molar-refractivity contribution in [3.8, 4) is 0 Å². The van der Waals surface area contributed by atoms with E-state index in [1.165, 1.54) is 24.3 Å². The van der Waals surface area contributed by atoms with Crippen molar-refractivity contribution in [2.45, 2.75) is 16.6 Å². The van der Waals surface area contributed by atoms with Gasteiger partial charge in [-0.15, -0.1) is 28.2 Å². The van der Waals surface area contributed by atoms with Gasteiger partial charge in [0.2, 0.25) is 0 Å². The van der Waals surface area contributed by atoms with Gasteiger partial charge in [-0.25, -0.2) is 9.78 Å². The molecule has 178 valence electrons. The molecule has 2 aliphatic heterocycles. The van der Waals surface area contributed by atoms with Crippen molar-refractivity contribution in [1.82, 2.24) is 30.4 Å². The van der Waals surface area contributed by atoms with E-state index in [1.54, 1.807) is 0 Å². The molecule has 2 aromatic heterocycles. The zero-order valence-electron chi connectivity index (χ0n) is 17.3. The lowest BCUT2D eigenvalue weighted by Gasteiger charge is -2.49. The Morgan fingerprint density at radius 2 is 2.26 bits per heavy atom. The Morgan fingerprint density at radius 1 is 1.47 bits per heavy atom. The maximum absolute atomic E-state index is 12.9. The minimum Gasteiger partial charge on any atom is -0.477 e. The summed E-state index contributed by atoms with van der Waals surface area (Å²) in [4.78, 5) is 61.3. The first-order valence-electron chi connectivity index (χ1n) is 9.38. The molecule has 4 rings (SSSR count). The predicted molar refractivity (Wildman–Crippen MR) is 123 cm³/mol. The van der Waals surface area contributed by atoms with Crippen LogP contribution in [-0.4, -0.2) is 83.7 Å². The van der Waals surface area contributed by atoms with Crippen LogP contribution in [0.25, 0.3) is 0 Å². The highest BCUT2D eigenvalue weighted by Crippen LogP contribution is 2.41. The number of carboxylic acids is 1. The third-order valence-electron chi connectivity index (χ3n) is 4.64. The normalized spacial score (nSPS) is 20.0. The fraction of sp³-hybridized carbons (Fsp3) is 0.294. The van der Waals surface area contributed by atoms with Crippen molar-refractivity contribution in [3.05, 3.63) is 38.9 Å². The molecule has 2 unspecified atom stereocenters. The number of thiazole rings is 1. The number of nitrogens with zero attached hydrogens (tertiary/aromatic N) is 5. The maximum Gasteiger partial charge on any atom is 0.352 e. The largest absolute Gasteiger partial charge is 0.477 e. The number of nitrogen functional groups attached to an aromatic ring is 1. The molecule has 0 radical (unpaired) electrons. The van der Waals surface area contributed by atoms with Gasteiger partial charge >= 0.3 is 5.97 Å². The Hall–Kier alpha value is -3.44. The number of rotatable bonds is 8. The summed E-state index contributed by atoms with van der Waals surface area (Å²) in [6.45, 7) is 0. The Bertz CT molecular complexity index is 1270. The van der Waals surface area contributed by atoms with Gasteiger partial charge in [-0.05, 0) is 5.57 Å². The predicted octanol–water partition coefficient (Wildman–Crippen LogP) is -0.915. The number of nitrogens with two attached hydrogens (primary N) is 1. The Morgan fingerprint density at radius 3 is 2.91 bits per heavy atom. The minimum atomic E-state index is -1.27. The number of hydrogen-bond acceptors (Lipinski definition) is 13. The van der Waals surface area contributed by atoms with Crippen LogP contribution in [0.3, 0.4) is 0 Å². The van der Waals surface area contributed by atoms with E-state index in [2.05, 4.69) is 30.6 Å². The molecule has 1 saturated heterocycles. The van der Waals surface area contributed by atoms with Crippen LogP contribution in [0.5, 0.6) is 0 Å². The van der Waals surface area contributed by atoms with E-state index >= 15 is 0 Å². The van der Waals surface area contributed by atoms with Gasteiger partial charge in [0.15, 0.2) is 16.0 Å². The van der Waals surface area contributed by atoms with E-state index < -0.39 is 34.8 Å². The molecule has 0 aliphatic carbocycles. The summed E-state index contributed by atoms with van der Waals surface area (Å²) in [5, 5.41) is 24.7. The summed E-state index contributed by atoms with van der Waals surface area (Å²) in [5.74, 6) is -2.09. The average molecular weight is 525 g/mol. The lowest BCUT2D eigenvalue weighted by Crippen LogP contribution is -2.71. The van der Waals surface area contributed by atoms with E-state index in [0.717, 1.165) is 34.2 Å². The van der Waals surface area contributed by atoms with Crippen molar-refractivity contribution in [1.29, 1.82) is 0 Å². The number of nitrogens with one attached hydrogen (secondary N) is 2. The van der Waals surface area contributed by atoms with Gasteiger partial charge in [-0.3, -0.25) is 24.3 Å². The lowest BCUT2D eigenvalue weighted by molar-refractivity contribution is -0.150. The Kier molecular flexibility index (Phi) is 6.85. The second-order valence-corrected chi connectivity index (χ2v) is 9.70. The number of aromatic amines is 1. The standard InChI is InChI=1S/C17H16N8O6S3/c1-31-24-9(7-5-33-16(18)20-7)12(27)22-10-13(28)25-11(15(29)30)6(3-32-14(10)25)4-34-17-21-8(26)2-19-23-17/h2,5,10,14H,3-4H2,1H3,(H2,18,20)(H,22,27)(H,29,30)(H,21,23,26)/b24-9+. The number of aliphatic carboxylic acids is 1. The molecule has 0 bridgehead atoms. The molecule has 34 heavy (non-hydrogen) atoms. The fourth-order valence-corrected chi connectivity index (χ4v) is 6.06. The Balaban J connectivity index is 1.49. The first kappa shape index (κ1) is 23.7.